The van der Waals surface area contributed by atoms with E-state index in [2.05, 4.69) is 53.1 Å². The predicted molar refractivity (Wildman–Crippen MR) is 124 cm³/mol. The van der Waals surface area contributed by atoms with E-state index < -0.39 is 0 Å². The van der Waals surface area contributed by atoms with Crippen LogP contribution in [0.1, 0.15) is 42.7 Å². The molecule has 5 nitrogen and oxygen atoms in total. The first-order valence-corrected chi connectivity index (χ1v) is 11.7. The minimum absolute atomic E-state index is 0.128. The fourth-order valence-corrected chi connectivity index (χ4v) is 4.40. The summed E-state index contributed by atoms with van der Waals surface area (Å²) in [6.45, 7) is 4.43. The SMILES string of the molecule is O=C([C@H](CCCCN[C@@H]1C[C@H]1c1ccccc1)NCc1ccccc1)N1CCOCC1. The molecule has 2 N–H and O–H groups in total. The van der Waals surface area contributed by atoms with E-state index in [1.807, 2.05) is 23.1 Å². The molecule has 2 aromatic carbocycles. The minimum Gasteiger partial charge on any atom is -0.378 e. The van der Waals surface area contributed by atoms with Crippen LogP contribution in [0.15, 0.2) is 60.7 Å². The van der Waals surface area contributed by atoms with Crippen LogP contribution < -0.4 is 10.6 Å². The number of hydrogen-bond acceptors (Lipinski definition) is 4. The van der Waals surface area contributed by atoms with Gasteiger partial charge in [-0.15, -0.1) is 0 Å². The molecule has 0 spiro atoms. The summed E-state index contributed by atoms with van der Waals surface area (Å²) in [5.41, 5.74) is 2.66. The number of nitrogens with one attached hydrogen (secondary N) is 2. The standard InChI is InChI=1S/C26H35N3O2/c30-26(29-15-17-31-18-16-29)24(28-20-21-9-3-1-4-10-21)13-7-8-14-27-25-19-23(25)22-11-5-2-6-12-22/h1-6,9-12,23-25,27-28H,7-8,13-20H2/t23-,24-,25+/m0/s1. The fourth-order valence-electron chi connectivity index (χ4n) is 4.40. The highest BCUT2D eigenvalue weighted by atomic mass is 16.5. The lowest BCUT2D eigenvalue weighted by molar-refractivity contribution is -0.137. The van der Waals surface area contributed by atoms with Crippen molar-refractivity contribution in [3.63, 3.8) is 0 Å². The Morgan fingerprint density at radius 1 is 1.00 bits per heavy atom. The molecule has 0 radical (unpaired) electrons. The number of carbonyl (C=O) groups excluding carboxylic acids is 1. The highest BCUT2D eigenvalue weighted by Gasteiger charge is 2.37. The van der Waals surface area contributed by atoms with Gasteiger partial charge in [0.05, 0.1) is 19.3 Å². The van der Waals surface area contributed by atoms with Crippen LogP contribution in [-0.4, -0.2) is 55.7 Å². The van der Waals surface area contributed by atoms with Crippen molar-refractivity contribution in [1.82, 2.24) is 15.5 Å². The first kappa shape index (κ1) is 22.0. The third-order valence-corrected chi connectivity index (χ3v) is 6.36. The maximum Gasteiger partial charge on any atom is 0.239 e. The van der Waals surface area contributed by atoms with Gasteiger partial charge in [-0.2, -0.15) is 0 Å². The second-order valence-corrected chi connectivity index (χ2v) is 8.67. The monoisotopic (exact) mass is 421 g/mol. The molecule has 166 valence electrons. The molecule has 5 heteroatoms. The summed E-state index contributed by atoms with van der Waals surface area (Å²) in [4.78, 5) is 15.1. The van der Waals surface area contributed by atoms with Gasteiger partial charge in [-0.3, -0.25) is 4.79 Å². The van der Waals surface area contributed by atoms with Crippen molar-refractivity contribution >= 4 is 5.91 Å². The Balaban J connectivity index is 1.20. The molecule has 1 aliphatic heterocycles. The summed E-state index contributed by atoms with van der Waals surface area (Å²) < 4.78 is 5.42. The molecular formula is C26H35N3O2. The van der Waals surface area contributed by atoms with E-state index in [1.54, 1.807) is 0 Å². The third kappa shape index (κ3) is 6.63. The van der Waals surface area contributed by atoms with Crippen molar-refractivity contribution < 1.29 is 9.53 Å². The molecule has 2 aliphatic rings. The van der Waals surface area contributed by atoms with E-state index in [4.69, 9.17) is 4.74 Å². The van der Waals surface area contributed by atoms with Gasteiger partial charge in [0.15, 0.2) is 0 Å². The summed E-state index contributed by atoms with van der Waals surface area (Å²) in [6, 6.07) is 21.6. The normalized spacial score (nSPS) is 21.6. The molecule has 1 saturated heterocycles. The van der Waals surface area contributed by atoms with E-state index in [0.29, 0.717) is 38.3 Å². The summed E-state index contributed by atoms with van der Waals surface area (Å²) in [6.07, 6.45) is 4.24. The number of unbranched alkanes of at least 4 members (excludes halogenated alkanes) is 1. The summed E-state index contributed by atoms with van der Waals surface area (Å²) in [5.74, 6) is 0.892. The van der Waals surface area contributed by atoms with E-state index in [9.17, 15) is 4.79 Å². The molecular weight excluding hydrogens is 386 g/mol. The van der Waals surface area contributed by atoms with E-state index >= 15 is 0 Å². The highest BCUT2D eigenvalue weighted by molar-refractivity contribution is 5.82. The van der Waals surface area contributed by atoms with Crippen LogP contribution in [0.4, 0.5) is 0 Å². The lowest BCUT2D eigenvalue weighted by Gasteiger charge is -2.31. The summed E-state index contributed by atoms with van der Waals surface area (Å²) in [7, 11) is 0. The molecule has 1 amide bonds. The maximum absolute atomic E-state index is 13.1. The molecule has 4 rings (SSSR count). The van der Waals surface area contributed by atoms with Crippen LogP contribution >= 0.6 is 0 Å². The molecule has 2 fully saturated rings. The van der Waals surface area contributed by atoms with Crippen LogP contribution in [0.5, 0.6) is 0 Å². The first-order chi connectivity index (χ1) is 15.3. The second kappa shape index (κ2) is 11.4. The average Bonchev–Trinajstić information content (AvgIpc) is 3.62. The van der Waals surface area contributed by atoms with E-state index in [0.717, 1.165) is 32.4 Å². The average molecular weight is 422 g/mol. The van der Waals surface area contributed by atoms with Crippen molar-refractivity contribution in [2.75, 3.05) is 32.8 Å². The van der Waals surface area contributed by atoms with Crippen molar-refractivity contribution in [2.45, 2.75) is 50.2 Å². The van der Waals surface area contributed by atoms with Crippen LogP contribution in [0, 0.1) is 0 Å². The number of carbonyl (C=O) groups is 1. The Kier molecular flexibility index (Phi) is 8.11. The molecule has 0 unspecified atom stereocenters. The zero-order valence-electron chi connectivity index (χ0n) is 18.3. The van der Waals surface area contributed by atoms with Gasteiger partial charge in [0.1, 0.15) is 0 Å². The zero-order valence-corrected chi connectivity index (χ0v) is 18.3. The Morgan fingerprint density at radius 3 is 2.45 bits per heavy atom. The van der Waals surface area contributed by atoms with Crippen molar-refractivity contribution in [2.24, 2.45) is 0 Å². The lowest BCUT2D eigenvalue weighted by Crippen LogP contribution is -2.50. The smallest absolute Gasteiger partial charge is 0.239 e. The Hall–Kier alpha value is -2.21. The Bertz CT molecular complexity index is 793. The van der Waals surface area contributed by atoms with Crippen LogP contribution in [0.2, 0.25) is 0 Å². The number of ether oxygens (including phenoxy) is 1. The topological polar surface area (TPSA) is 53.6 Å². The highest BCUT2D eigenvalue weighted by Crippen LogP contribution is 2.40. The van der Waals surface area contributed by atoms with Crippen LogP contribution in [0.3, 0.4) is 0 Å². The molecule has 1 aliphatic carbocycles. The molecule has 1 heterocycles. The lowest BCUT2D eigenvalue weighted by atomic mass is 10.1. The number of morpholine rings is 1. The van der Waals surface area contributed by atoms with Crippen molar-refractivity contribution in [3.05, 3.63) is 71.8 Å². The van der Waals surface area contributed by atoms with Gasteiger partial charge < -0.3 is 20.3 Å². The second-order valence-electron chi connectivity index (χ2n) is 8.67. The van der Waals surface area contributed by atoms with Gasteiger partial charge in [0, 0.05) is 31.6 Å². The molecule has 31 heavy (non-hydrogen) atoms. The summed E-state index contributed by atoms with van der Waals surface area (Å²) >= 11 is 0. The molecule has 3 atom stereocenters. The van der Waals surface area contributed by atoms with Crippen molar-refractivity contribution in [1.29, 1.82) is 0 Å². The van der Waals surface area contributed by atoms with Gasteiger partial charge in [-0.05, 0) is 36.9 Å². The van der Waals surface area contributed by atoms with Gasteiger partial charge in [0.25, 0.3) is 0 Å². The number of amides is 1. The van der Waals surface area contributed by atoms with Crippen molar-refractivity contribution in [3.8, 4) is 0 Å². The zero-order chi connectivity index (χ0) is 21.3. The molecule has 2 aromatic rings. The minimum atomic E-state index is -0.128. The fraction of sp³-hybridized carbons (Fsp3) is 0.500. The Morgan fingerprint density at radius 2 is 1.71 bits per heavy atom. The van der Waals surface area contributed by atoms with Crippen LogP contribution in [0.25, 0.3) is 0 Å². The van der Waals surface area contributed by atoms with Gasteiger partial charge >= 0.3 is 0 Å². The molecule has 1 saturated carbocycles. The van der Waals surface area contributed by atoms with Gasteiger partial charge in [-0.1, -0.05) is 67.1 Å². The first-order valence-electron chi connectivity index (χ1n) is 11.7. The molecule has 0 bridgehead atoms. The predicted octanol–water partition coefficient (Wildman–Crippen LogP) is 3.32. The number of rotatable bonds is 11. The van der Waals surface area contributed by atoms with Crippen LogP contribution in [-0.2, 0) is 16.1 Å². The van der Waals surface area contributed by atoms with E-state index in [1.165, 1.54) is 17.5 Å². The largest absolute Gasteiger partial charge is 0.378 e. The van der Waals surface area contributed by atoms with E-state index in [-0.39, 0.29) is 11.9 Å². The molecule has 0 aromatic heterocycles. The summed E-state index contributed by atoms with van der Waals surface area (Å²) in [5, 5.41) is 7.22. The quantitative estimate of drug-likeness (QED) is 0.547. The third-order valence-electron chi connectivity index (χ3n) is 6.36. The van der Waals surface area contributed by atoms with Gasteiger partial charge in [-0.25, -0.2) is 0 Å². The number of hydrogen-bond donors (Lipinski definition) is 2. The maximum atomic E-state index is 13.1. The Labute approximate surface area is 186 Å². The number of benzene rings is 2. The number of nitrogens with zero attached hydrogens (tertiary/aromatic N) is 1. The van der Waals surface area contributed by atoms with Gasteiger partial charge in [0.2, 0.25) is 5.91 Å².